The summed E-state index contributed by atoms with van der Waals surface area (Å²) in [5, 5.41) is 3.48. The molecule has 1 atom stereocenters. The summed E-state index contributed by atoms with van der Waals surface area (Å²) in [5.41, 5.74) is 1.04. The number of hydrogen-bond acceptors (Lipinski definition) is 3. The maximum atomic E-state index is 4.39. The first-order valence-electron chi connectivity index (χ1n) is 6.09. The van der Waals surface area contributed by atoms with Gasteiger partial charge in [0.2, 0.25) is 0 Å². The van der Waals surface area contributed by atoms with Crippen molar-refractivity contribution >= 4 is 31.9 Å². The number of nitrogens with one attached hydrogen (secondary N) is 1. The first kappa shape index (κ1) is 16.1. The number of rotatable bonds is 6. The van der Waals surface area contributed by atoms with Crippen LogP contribution in [-0.4, -0.2) is 36.6 Å². The van der Waals surface area contributed by atoms with Crippen molar-refractivity contribution in [3.05, 3.63) is 26.9 Å². The monoisotopic (exact) mass is 377 g/mol. The molecule has 0 bridgehead atoms. The van der Waals surface area contributed by atoms with Crippen LogP contribution in [0.2, 0.25) is 0 Å². The van der Waals surface area contributed by atoms with Crippen LogP contribution < -0.4 is 5.32 Å². The Morgan fingerprint density at radius 3 is 2.50 bits per heavy atom. The summed E-state index contributed by atoms with van der Waals surface area (Å²) < 4.78 is 2.03. The average molecular weight is 379 g/mol. The minimum Gasteiger partial charge on any atom is -0.310 e. The highest BCUT2D eigenvalue weighted by atomic mass is 79.9. The van der Waals surface area contributed by atoms with Crippen LogP contribution in [0.4, 0.5) is 0 Å². The van der Waals surface area contributed by atoms with Gasteiger partial charge >= 0.3 is 0 Å². The van der Waals surface area contributed by atoms with E-state index in [1.54, 1.807) is 0 Å². The Kier molecular flexibility index (Phi) is 6.77. The fraction of sp³-hybridized carbons (Fsp3) is 0.615. The third-order valence-electron chi connectivity index (χ3n) is 2.96. The lowest BCUT2D eigenvalue weighted by molar-refractivity contribution is 0.224. The number of aromatic nitrogens is 1. The van der Waals surface area contributed by atoms with Crippen LogP contribution in [0.5, 0.6) is 0 Å². The van der Waals surface area contributed by atoms with Crippen molar-refractivity contribution in [3.8, 4) is 0 Å². The van der Waals surface area contributed by atoms with E-state index in [1.165, 1.54) is 0 Å². The maximum Gasteiger partial charge on any atom is 0.0684 e. The molecule has 1 rings (SSSR count). The fourth-order valence-corrected chi connectivity index (χ4v) is 3.05. The zero-order valence-electron chi connectivity index (χ0n) is 11.4. The third kappa shape index (κ3) is 4.96. The number of pyridine rings is 1. The SMILES string of the molecule is CC(C)C(CNCc1ncc(Br)cc1Br)N(C)C. The normalized spacial score (nSPS) is 13.3. The van der Waals surface area contributed by atoms with Crippen LogP contribution in [0.25, 0.3) is 0 Å². The van der Waals surface area contributed by atoms with Crippen molar-refractivity contribution in [3.63, 3.8) is 0 Å². The predicted octanol–water partition coefficient (Wildman–Crippen LogP) is 3.28. The van der Waals surface area contributed by atoms with Crippen LogP contribution in [0.15, 0.2) is 21.2 Å². The third-order valence-corrected chi connectivity index (χ3v) is 4.08. The molecule has 1 aromatic rings. The van der Waals surface area contributed by atoms with E-state index >= 15 is 0 Å². The molecule has 0 aliphatic carbocycles. The maximum absolute atomic E-state index is 4.39. The van der Waals surface area contributed by atoms with Gasteiger partial charge in [-0.1, -0.05) is 13.8 Å². The van der Waals surface area contributed by atoms with E-state index in [9.17, 15) is 0 Å². The van der Waals surface area contributed by atoms with E-state index in [2.05, 4.69) is 75.0 Å². The van der Waals surface area contributed by atoms with Gasteiger partial charge < -0.3 is 10.2 Å². The van der Waals surface area contributed by atoms with Gasteiger partial charge in [-0.15, -0.1) is 0 Å². The highest BCUT2D eigenvalue weighted by molar-refractivity contribution is 9.11. The van der Waals surface area contributed by atoms with Crippen molar-refractivity contribution in [2.24, 2.45) is 5.92 Å². The number of nitrogens with zero attached hydrogens (tertiary/aromatic N) is 2. The van der Waals surface area contributed by atoms with E-state index in [4.69, 9.17) is 0 Å². The molecule has 0 spiro atoms. The predicted molar refractivity (Wildman–Crippen MR) is 83.7 cm³/mol. The molecular formula is C13H21Br2N3. The largest absolute Gasteiger partial charge is 0.310 e. The van der Waals surface area contributed by atoms with E-state index in [1.807, 2.05) is 12.3 Å². The van der Waals surface area contributed by atoms with E-state index in [-0.39, 0.29) is 0 Å². The Balaban J connectivity index is 2.50. The van der Waals surface area contributed by atoms with E-state index in [0.717, 1.165) is 27.7 Å². The first-order valence-corrected chi connectivity index (χ1v) is 7.67. The fourth-order valence-electron chi connectivity index (χ4n) is 1.93. The summed E-state index contributed by atoms with van der Waals surface area (Å²) >= 11 is 6.94. The van der Waals surface area contributed by atoms with Crippen molar-refractivity contribution < 1.29 is 0 Å². The molecule has 0 fully saturated rings. The van der Waals surface area contributed by atoms with Gasteiger partial charge in [0.1, 0.15) is 0 Å². The minimum atomic E-state index is 0.541. The van der Waals surface area contributed by atoms with Crippen LogP contribution in [-0.2, 0) is 6.54 Å². The van der Waals surface area contributed by atoms with Crippen LogP contribution in [0, 0.1) is 5.92 Å². The van der Waals surface area contributed by atoms with Crippen molar-refractivity contribution in [2.45, 2.75) is 26.4 Å². The zero-order valence-corrected chi connectivity index (χ0v) is 14.5. The number of halogens is 2. The lowest BCUT2D eigenvalue weighted by Crippen LogP contribution is -2.41. The average Bonchev–Trinajstić information content (AvgIpc) is 2.25. The van der Waals surface area contributed by atoms with Gasteiger partial charge in [-0.3, -0.25) is 4.98 Å². The topological polar surface area (TPSA) is 28.2 Å². The molecule has 1 heterocycles. The lowest BCUT2D eigenvalue weighted by atomic mass is 10.0. The molecule has 0 aromatic carbocycles. The van der Waals surface area contributed by atoms with Gasteiger partial charge in [-0.05, 0) is 57.9 Å². The number of likely N-dealkylation sites (N-methyl/N-ethyl adjacent to an activating group) is 1. The standard InChI is InChI=1S/C13H21Br2N3/c1-9(2)13(18(3)4)8-16-7-12-11(15)5-10(14)6-17-12/h5-6,9,13,16H,7-8H2,1-4H3. The molecule has 0 saturated heterocycles. The Morgan fingerprint density at radius 2 is 2.00 bits per heavy atom. The molecule has 0 aliphatic rings. The van der Waals surface area contributed by atoms with Crippen LogP contribution >= 0.6 is 31.9 Å². The Hall–Kier alpha value is 0.0300. The molecular weight excluding hydrogens is 358 g/mol. The molecule has 5 heteroatoms. The summed E-state index contributed by atoms with van der Waals surface area (Å²) in [7, 11) is 4.25. The first-order chi connectivity index (χ1) is 8.41. The second-order valence-corrected chi connectivity index (χ2v) is 6.76. The van der Waals surface area contributed by atoms with E-state index in [0.29, 0.717) is 12.0 Å². The van der Waals surface area contributed by atoms with Gasteiger partial charge in [0.25, 0.3) is 0 Å². The summed E-state index contributed by atoms with van der Waals surface area (Å²) in [4.78, 5) is 6.66. The molecule has 0 radical (unpaired) electrons. The van der Waals surface area contributed by atoms with Gasteiger partial charge in [0, 0.05) is 34.3 Å². The second kappa shape index (κ2) is 7.58. The zero-order chi connectivity index (χ0) is 13.7. The van der Waals surface area contributed by atoms with Crippen LogP contribution in [0.1, 0.15) is 19.5 Å². The van der Waals surface area contributed by atoms with Crippen molar-refractivity contribution in [1.29, 1.82) is 0 Å². The van der Waals surface area contributed by atoms with Crippen molar-refractivity contribution in [1.82, 2.24) is 15.2 Å². The Bertz CT molecular complexity index is 372. The molecule has 1 aromatic heterocycles. The van der Waals surface area contributed by atoms with Gasteiger partial charge in [0.05, 0.1) is 5.69 Å². The van der Waals surface area contributed by atoms with Gasteiger partial charge in [0.15, 0.2) is 0 Å². The minimum absolute atomic E-state index is 0.541. The molecule has 3 nitrogen and oxygen atoms in total. The summed E-state index contributed by atoms with van der Waals surface area (Å²) in [5.74, 6) is 0.633. The smallest absolute Gasteiger partial charge is 0.0684 e. The molecule has 1 unspecified atom stereocenters. The molecule has 1 N–H and O–H groups in total. The van der Waals surface area contributed by atoms with E-state index < -0.39 is 0 Å². The molecule has 18 heavy (non-hydrogen) atoms. The Morgan fingerprint density at radius 1 is 1.33 bits per heavy atom. The second-order valence-electron chi connectivity index (χ2n) is 4.99. The lowest BCUT2D eigenvalue weighted by Gasteiger charge is -2.28. The number of hydrogen-bond donors (Lipinski definition) is 1. The van der Waals surface area contributed by atoms with Gasteiger partial charge in [-0.25, -0.2) is 0 Å². The van der Waals surface area contributed by atoms with Crippen LogP contribution in [0.3, 0.4) is 0 Å². The highest BCUT2D eigenvalue weighted by Crippen LogP contribution is 2.19. The Labute approximate surface area is 127 Å². The molecule has 0 saturated carbocycles. The summed E-state index contributed by atoms with van der Waals surface area (Å²) in [6.45, 7) is 6.25. The highest BCUT2D eigenvalue weighted by Gasteiger charge is 2.15. The quantitative estimate of drug-likeness (QED) is 0.823. The van der Waals surface area contributed by atoms with Gasteiger partial charge in [-0.2, -0.15) is 0 Å². The molecule has 0 aliphatic heterocycles. The molecule has 0 amide bonds. The summed E-state index contributed by atoms with van der Waals surface area (Å²) in [6.07, 6.45) is 1.83. The molecule has 102 valence electrons. The van der Waals surface area contributed by atoms with Crippen molar-refractivity contribution in [2.75, 3.05) is 20.6 Å². The summed E-state index contributed by atoms with van der Waals surface area (Å²) in [6, 6.07) is 2.56.